The number of halogens is 1. The largest absolute Gasteiger partial charge is 0.476 e. The molecule has 106 valence electrons. The van der Waals surface area contributed by atoms with Crippen molar-refractivity contribution in [2.24, 2.45) is 0 Å². The van der Waals surface area contributed by atoms with Crippen LogP contribution in [0, 0.1) is 0 Å². The van der Waals surface area contributed by atoms with E-state index in [-0.39, 0.29) is 16.8 Å². The number of aromatic nitrogens is 1. The van der Waals surface area contributed by atoms with E-state index >= 15 is 0 Å². The van der Waals surface area contributed by atoms with E-state index < -0.39 is 5.97 Å². The number of aromatic carboxylic acids is 1. The molecule has 0 saturated carbocycles. The van der Waals surface area contributed by atoms with Crippen LogP contribution in [0.1, 0.15) is 31.3 Å². The van der Waals surface area contributed by atoms with Gasteiger partial charge in [0.1, 0.15) is 5.82 Å². The number of nitrogens with zero attached hydrogens (tertiary/aromatic N) is 2. The Hall–Kier alpha value is -1.33. The molecular weight excluding hydrogens is 266 g/mol. The summed E-state index contributed by atoms with van der Waals surface area (Å²) in [7, 11) is 0. The lowest BCUT2D eigenvalue weighted by molar-refractivity contribution is 0.0691. The van der Waals surface area contributed by atoms with E-state index in [9.17, 15) is 4.79 Å². The van der Waals surface area contributed by atoms with E-state index in [1.165, 1.54) is 0 Å². The molecule has 1 rings (SSSR count). The van der Waals surface area contributed by atoms with Crippen LogP contribution in [0.25, 0.3) is 0 Å². The Labute approximate surface area is 118 Å². The monoisotopic (exact) mass is 285 g/mol. The van der Waals surface area contributed by atoms with E-state index in [0.29, 0.717) is 5.82 Å². The van der Waals surface area contributed by atoms with Crippen molar-refractivity contribution in [1.82, 2.24) is 9.88 Å². The highest BCUT2D eigenvalue weighted by atomic mass is 35.5. The van der Waals surface area contributed by atoms with Crippen molar-refractivity contribution >= 4 is 23.4 Å². The normalized spacial score (nSPS) is 12.5. The molecular formula is C13H20ClN3O2. The highest BCUT2D eigenvalue weighted by Gasteiger charge is 2.13. The zero-order valence-corrected chi connectivity index (χ0v) is 12.2. The van der Waals surface area contributed by atoms with Crippen molar-refractivity contribution in [3.8, 4) is 0 Å². The minimum atomic E-state index is -1.12. The van der Waals surface area contributed by atoms with Crippen LogP contribution in [0.2, 0.25) is 5.02 Å². The molecule has 1 unspecified atom stereocenters. The zero-order valence-electron chi connectivity index (χ0n) is 11.5. The molecule has 0 bridgehead atoms. The highest BCUT2D eigenvalue weighted by molar-refractivity contribution is 6.33. The number of rotatable bonds is 7. The van der Waals surface area contributed by atoms with Crippen molar-refractivity contribution in [2.75, 3.05) is 25.0 Å². The van der Waals surface area contributed by atoms with Crippen molar-refractivity contribution < 1.29 is 9.90 Å². The average Bonchev–Trinajstić information content (AvgIpc) is 2.37. The smallest absolute Gasteiger partial charge is 0.356 e. The highest BCUT2D eigenvalue weighted by Crippen LogP contribution is 2.17. The molecule has 1 atom stereocenters. The van der Waals surface area contributed by atoms with E-state index in [0.717, 1.165) is 19.6 Å². The van der Waals surface area contributed by atoms with E-state index in [1.54, 1.807) is 12.1 Å². The summed E-state index contributed by atoms with van der Waals surface area (Å²) in [6.45, 7) is 9.10. The number of pyridine rings is 1. The molecule has 6 heteroatoms. The van der Waals surface area contributed by atoms with Gasteiger partial charge >= 0.3 is 5.97 Å². The van der Waals surface area contributed by atoms with Gasteiger partial charge in [0.05, 0.1) is 5.02 Å². The van der Waals surface area contributed by atoms with E-state index in [2.05, 4.69) is 29.0 Å². The number of hydrogen-bond donors (Lipinski definition) is 2. The first kappa shape index (κ1) is 15.7. The first-order valence-electron chi connectivity index (χ1n) is 6.36. The van der Waals surface area contributed by atoms with Crippen molar-refractivity contribution in [1.29, 1.82) is 0 Å². The number of carbonyl (C=O) groups is 1. The second-order valence-electron chi connectivity index (χ2n) is 4.36. The van der Waals surface area contributed by atoms with Crippen LogP contribution in [0.15, 0.2) is 12.1 Å². The second-order valence-corrected chi connectivity index (χ2v) is 4.77. The van der Waals surface area contributed by atoms with Crippen LogP contribution in [-0.4, -0.2) is 46.6 Å². The van der Waals surface area contributed by atoms with Gasteiger partial charge in [0.2, 0.25) is 0 Å². The third-order valence-corrected chi connectivity index (χ3v) is 3.17. The van der Waals surface area contributed by atoms with Gasteiger partial charge in [-0.2, -0.15) is 0 Å². The Morgan fingerprint density at radius 3 is 2.63 bits per heavy atom. The number of likely N-dealkylation sites (N-methyl/N-ethyl adjacent to an activating group) is 1. The Morgan fingerprint density at radius 2 is 2.11 bits per heavy atom. The molecule has 5 nitrogen and oxygen atoms in total. The van der Waals surface area contributed by atoms with Crippen molar-refractivity contribution in [3.05, 3.63) is 22.8 Å². The summed E-state index contributed by atoms with van der Waals surface area (Å²) in [4.78, 5) is 17.2. The molecule has 0 aliphatic rings. The molecule has 0 radical (unpaired) electrons. The van der Waals surface area contributed by atoms with Gasteiger partial charge in [0.15, 0.2) is 5.69 Å². The lowest BCUT2D eigenvalue weighted by Gasteiger charge is -2.23. The van der Waals surface area contributed by atoms with E-state index in [1.807, 2.05) is 6.92 Å². The lowest BCUT2D eigenvalue weighted by Crippen LogP contribution is -2.35. The molecule has 0 fully saturated rings. The van der Waals surface area contributed by atoms with Gasteiger partial charge in [0.25, 0.3) is 0 Å². The Bertz CT molecular complexity index is 436. The molecule has 0 aliphatic heterocycles. The summed E-state index contributed by atoms with van der Waals surface area (Å²) in [5, 5.41) is 12.3. The van der Waals surface area contributed by atoms with Gasteiger partial charge in [-0.3, -0.25) is 0 Å². The SMILES string of the molecule is CCN(CC)CC(C)Nc1ccc(Cl)c(C(=O)O)n1. The molecule has 1 heterocycles. The van der Waals surface area contributed by atoms with Gasteiger partial charge < -0.3 is 15.3 Å². The van der Waals surface area contributed by atoms with Gasteiger partial charge in [-0.25, -0.2) is 9.78 Å². The number of hydrogen-bond acceptors (Lipinski definition) is 4. The fourth-order valence-corrected chi connectivity index (χ4v) is 2.03. The average molecular weight is 286 g/mol. The quantitative estimate of drug-likeness (QED) is 0.806. The summed E-state index contributed by atoms with van der Waals surface area (Å²) in [5.41, 5.74) is -0.123. The van der Waals surface area contributed by atoms with Crippen LogP contribution in [0.5, 0.6) is 0 Å². The number of nitrogens with one attached hydrogen (secondary N) is 1. The maximum absolute atomic E-state index is 10.9. The van der Waals surface area contributed by atoms with Crippen LogP contribution < -0.4 is 5.32 Å². The number of anilines is 1. The summed E-state index contributed by atoms with van der Waals surface area (Å²) >= 11 is 5.78. The van der Waals surface area contributed by atoms with Crippen LogP contribution >= 0.6 is 11.6 Å². The summed E-state index contributed by atoms with van der Waals surface area (Å²) in [6.07, 6.45) is 0. The molecule has 0 aliphatic carbocycles. The minimum absolute atomic E-state index is 0.123. The fraction of sp³-hybridized carbons (Fsp3) is 0.538. The summed E-state index contributed by atoms with van der Waals surface area (Å²) in [5.74, 6) is -0.591. The molecule has 19 heavy (non-hydrogen) atoms. The van der Waals surface area contributed by atoms with Crippen LogP contribution in [-0.2, 0) is 0 Å². The Morgan fingerprint density at radius 1 is 1.47 bits per heavy atom. The van der Waals surface area contributed by atoms with Crippen LogP contribution in [0.3, 0.4) is 0 Å². The summed E-state index contributed by atoms with van der Waals surface area (Å²) in [6, 6.07) is 3.41. The van der Waals surface area contributed by atoms with Gasteiger partial charge in [-0.15, -0.1) is 0 Å². The predicted molar refractivity (Wildman–Crippen MR) is 77.1 cm³/mol. The standard InChI is InChI=1S/C13H20ClN3O2/c1-4-17(5-2)8-9(3)15-11-7-6-10(14)12(16-11)13(18)19/h6-7,9H,4-5,8H2,1-3H3,(H,15,16)(H,18,19). The van der Waals surface area contributed by atoms with Crippen molar-refractivity contribution in [2.45, 2.75) is 26.8 Å². The third kappa shape index (κ3) is 4.69. The van der Waals surface area contributed by atoms with Gasteiger partial charge in [-0.1, -0.05) is 25.4 Å². The van der Waals surface area contributed by atoms with Crippen molar-refractivity contribution in [3.63, 3.8) is 0 Å². The molecule has 0 saturated heterocycles. The van der Waals surface area contributed by atoms with E-state index in [4.69, 9.17) is 16.7 Å². The minimum Gasteiger partial charge on any atom is -0.476 e. The molecule has 0 spiro atoms. The zero-order chi connectivity index (χ0) is 14.4. The Kier molecular flexibility index (Phi) is 6.05. The molecule has 1 aromatic rings. The molecule has 0 amide bonds. The number of carboxylic acids is 1. The van der Waals surface area contributed by atoms with Gasteiger partial charge in [0, 0.05) is 12.6 Å². The topological polar surface area (TPSA) is 65.5 Å². The molecule has 2 N–H and O–H groups in total. The summed E-state index contributed by atoms with van der Waals surface area (Å²) < 4.78 is 0. The predicted octanol–water partition coefficient (Wildman–Crippen LogP) is 2.58. The lowest BCUT2D eigenvalue weighted by atomic mass is 10.3. The molecule has 1 aromatic heterocycles. The second kappa shape index (κ2) is 7.31. The maximum Gasteiger partial charge on any atom is 0.356 e. The fourth-order valence-electron chi connectivity index (χ4n) is 1.84. The number of carboxylic acid groups (broad SMARTS) is 1. The first-order chi connectivity index (χ1) is 8.97. The maximum atomic E-state index is 10.9. The first-order valence-corrected chi connectivity index (χ1v) is 6.74. The molecule has 0 aromatic carbocycles. The van der Waals surface area contributed by atoms with Crippen LogP contribution in [0.4, 0.5) is 5.82 Å². The van der Waals surface area contributed by atoms with Gasteiger partial charge in [-0.05, 0) is 32.1 Å². The third-order valence-electron chi connectivity index (χ3n) is 2.87. The Balaban J connectivity index is 2.71.